The van der Waals surface area contributed by atoms with Gasteiger partial charge in [-0.15, -0.1) is 0 Å². The number of halogens is 1. The molecule has 0 aliphatic heterocycles. The molecule has 0 aliphatic carbocycles. The van der Waals surface area contributed by atoms with Crippen molar-refractivity contribution in [2.24, 2.45) is 0 Å². The van der Waals surface area contributed by atoms with E-state index in [0.717, 1.165) is 5.56 Å². The highest BCUT2D eigenvalue weighted by Gasteiger charge is 2.11. The summed E-state index contributed by atoms with van der Waals surface area (Å²) >= 11 is 0. The summed E-state index contributed by atoms with van der Waals surface area (Å²) in [6.45, 7) is 0. The number of nitriles is 1. The van der Waals surface area contributed by atoms with Crippen molar-refractivity contribution in [2.75, 3.05) is 14.2 Å². The minimum Gasteiger partial charge on any atom is -0.493 e. The van der Waals surface area contributed by atoms with Gasteiger partial charge in [-0.3, -0.25) is 4.79 Å². The molecule has 0 N–H and O–H groups in total. The minimum atomic E-state index is -0.462. The number of rotatable bonds is 7. The number of hydrogen-bond donors (Lipinski definition) is 0. The number of nitrogens with zero attached hydrogens (tertiary/aromatic N) is 1. The molecular weight excluding hydrogens is 397 g/mol. The van der Waals surface area contributed by atoms with Crippen LogP contribution >= 0.6 is 0 Å². The monoisotopic (exact) mass is 417 g/mol. The van der Waals surface area contributed by atoms with Crippen molar-refractivity contribution in [3.8, 4) is 23.3 Å². The third kappa shape index (κ3) is 5.49. The van der Waals surface area contributed by atoms with Gasteiger partial charge in [0.2, 0.25) is 0 Å². The van der Waals surface area contributed by atoms with Gasteiger partial charge in [0, 0.05) is 5.56 Å². The zero-order chi connectivity index (χ0) is 22.2. The average Bonchev–Trinajstić information content (AvgIpc) is 2.79. The van der Waals surface area contributed by atoms with Crippen molar-refractivity contribution in [1.82, 2.24) is 0 Å². The van der Waals surface area contributed by atoms with Gasteiger partial charge in [0.25, 0.3) is 0 Å². The molecule has 0 saturated heterocycles. The maximum absolute atomic E-state index is 13.9. The summed E-state index contributed by atoms with van der Waals surface area (Å²) in [5.74, 6) is 0.588. The normalized spacial score (nSPS) is 10.8. The van der Waals surface area contributed by atoms with Gasteiger partial charge in [-0.2, -0.15) is 5.26 Å². The number of esters is 1. The number of hydrogen-bond acceptors (Lipinski definition) is 5. The fourth-order valence-electron chi connectivity index (χ4n) is 2.97. The van der Waals surface area contributed by atoms with Crippen molar-refractivity contribution in [1.29, 1.82) is 5.26 Å². The fraction of sp³-hybridized carbons (Fsp3) is 0.120. The van der Waals surface area contributed by atoms with Crippen LogP contribution in [0.1, 0.15) is 16.7 Å². The van der Waals surface area contributed by atoms with E-state index >= 15 is 0 Å². The molecule has 0 fully saturated rings. The van der Waals surface area contributed by atoms with Crippen molar-refractivity contribution in [3.05, 3.63) is 89.2 Å². The molecule has 0 amide bonds. The third-order valence-electron chi connectivity index (χ3n) is 4.50. The Kier molecular flexibility index (Phi) is 7.02. The lowest BCUT2D eigenvalue weighted by atomic mass is 10.0. The molecule has 6 heteroatoms. The second-order valence-electron chi connectivity index (χ2n) is 6.56. The van der Waals surface area contributed by atoms with E-state index in [1.165, 1.54) is 13.2 Å². The second kappa shape index (κ2) is 10.1. The Balaban J connectivity index is 1.68. The summed E-state index contributed by atoms with van der Waals surface area (Å²) in [6.07, 6.45) is 1.64. The van der Waals surface area contributed by atoms with Crippen LogP contribution in [-0.2, 0) is 11.2 Å². The highest BCUT2D eigenvalue weighted by molar-refractivity contribution is 5.89. The molecule has 0 saturated carbocycles. The average molecular weight is 417 g/mol. The molecule has 0 aromatic heterocycles. The van der Waals surface area contributed by atoms with Gasteiger partial charge in [-0.1, -0.05) is 36.4 Å². The summed E-state index contributed by atoms with van der Waals surface area (Å²) in [5.41, 5.74) is 1.84. The Bertz CT molecular complexity index is 1150. The first-order valence-corrected chi connectivity index (χ1v) is 9.42. The van der Waals surface area contributed by atoms with Gasteiger partial charge < -0.3 is 14.2 Å². The predicted octanol–water partition coefficient (Wildman–Crippen LogP) is 5.06. The second-order valence-corrected chi connectivity index (χ2v) is 6.56. The molecule has 0 radical (unpaired) electrons. The fourth-order valence-corrected chi connectivity index (χ4v) is 2.97. The van der Waals surface area contributed by atoms with Gasteiger partial charge in [0.15, 0.2) is 11.5 Å². The molecule has 156 valence electrons. The van der Waals surface area contributed by atoms with Crippen molar-refractivity contribution >= 4 is 17.6 Å². The molecular formula is C25H20FNO4. The lowest BCUT2D eigenvalue weighted by molar-refractivity contribution is -0.133. The number of carbonyl (C=O) groups is 1. The topological polar surface area (TPSA) is 68.5 Å². The van der Waals surface area contributed by atoms with Crippen LogP contribution in [0.25, 0.3) is 11.6 Å². The Hall–Kier alpha value is -4.11. The first-order valence-electron chi connectivity index (χ1n) is 9.42. The van der Waals surface area contributed by atoms with Crippen LogP contribution in [0.2, 0.25) is 0 Å². The molecule has 31 heavy (non-hydrogen) atoms. The first-order chi connectivity index (χ1) is 15.0. The quantitative estimate of drug-likeness (QED) is 0.233. The predicted molar refractivity (Wildman–Crippen MR) is 115 cm³/mol. The van der Waals surface area contributed by atoms with Crippen LogP contribution < -0.4 is 14.2 Å². The molecule has 0 aliphatic rings. The minimum absolute atomic E-state index is 0.0634. The first kappa shape index (κ1) is 21.6. The van der Waals surface area contributed by atoms with E-state index in [4.69, 9.17) is 14.2 Å². The van der Waals surface area contributed by atoms with Crippen LogP contribution in [-0.4, -0.2) is 20.2 Å². The summed E-state index contributed by atoms with van der Waals surface area (Å²) in [4.78, 5) is 12.3. The van der Waals surface area contributed by atoms with E-state index in [1.54, 1.807) is 73.8 Å². The van der Waals surface area contributed by atoms with E-state index in [0.29, 0.717) is 22.8 Å². The van der Waals surface area contributed by atoms with E-state index in [2.05, 4.69) is 0 Å². The maximum atomic E-state index is 13.9. The van der Waals surface area contributed by atoms with E-state index in [1.807, 2.05) is 6.07 Å². The smallest absolute Gasteiger partial charge is 0.315 e. The molecule has 3 aromatic rings. The third-order valence-corrected chi connectivity index (χ3v) is 4.50. The maximum Gasteiger partial charge on any atom is 0.315 e. The number of benzene rings is 3. The molecule has 0 spiro atoms. The highest BCUT2D eigenvalue weighted by atomic mass is 19.1. The standard InChI is InChI=1S/C25H20FNO4/c1-29-23-12-9-18(14-24(23)30-2)15-25(28)31-20-10-7-17(8-11-20)13-19(16-27)21-5-3-4-6-22(21)26/h3-14H,15H2,1-2H3/b19-13-. The van der Waals surface area contributed by atoms with E-state index in [-0.39, 0.29) is 17.6 Å². The Morgan fingerprint density at radius 3 is 2.35 bits per heavy atom. The molecule has 0 atom stereocenters. The van der Waals surface area contributed by atoms with Crippen LogP contribution in [0.5, 0.6) is 17.2 Å². The lowest BCUT2D eigenvalue weighted by Crippen LogP contribution is -2.11. The van der Waals surface area contributed by atoms with Crippen LogP contribution in [0.4, 0.5) is 4.39 Å². The van der Waals surface area contributed by atoms with Crippen molar-refractivity contribution in [2.45, 2.75) is 6.42 Å². The SMILES string of the molecule is COc1ccc(CC(=O)Oc2ccc(/C=C(/C#N)c3ccccc3F)cc2)cc1OC. The summed E-state index contributed by atoms with van der Waals surface area (Å²) < 4.78 is 29.8. The number of methoxy groups -OCH3 is 2. The molecule has 3 rings (SSSR count). The van der Waals surface area contributed by atoms with Gasteiger partial charge in [0.1, 0.15) is 11.6 Å². The summed E-state index contributed by atoms with van der Waals surface area (Å²) in [5, 5.41) is 9.38. The van der Waals surface area contributed by atoms with E-state index < -0.39 is 11.8 Å². The largest absolute Gasteiger partial charge is 0.493 e. The molecule has 3 aromatic carbocycles. The van der Waals surface area contributed by atoms with Crippen LogP contribution in [0, 0.1) is 17.1 Å². The number of allylic oxidation sites excluding steroid dienone is 1. The number of carbonyl (C=O) groups excluding carboxylic acids is 1. The molecule has 5 nitrogen and oxygen atoms in total. The Morgan fingerprint density at radius 2 is 1.71 bits per heavy atom. The number of ether oxygens (including phenoxy) is 3. The van der Waals surface area contributed by atoms with Gasteiger partial charge in [0.05, 0.1) is 32.3 Å². The Labute approximate surface area is 179 Å². The zero-order valence-electron chi connectivity index (χ0n) is 17.1. The molecule has 0 heterocycles. The zero-order valence-corrected chi connectivity index (χ0v) is 17.1. The van der Waals surface area contributed by atoms with Gasteiger partial charge in [-0.05, 0) is 47.5 Å². The van der Waals surface area contributed by atoms with E-state index in [9.17, 15) is 14.4 Å². The summed E-state index contributed by atoms with van der Waals surface area (Å²) in [7, 11) is 3.07. The highest BCUT2D eigenvalue weighted by Crippen LogP contribution is 2.28. The van der Waals surface area contributed by atoms with Crippen LogP contribution in [0.3, 0.4) is 0 Å². The van der Waals surface area contributed by atoms with Crippen LogP contribution in [0.15, 0.2) is 66.7 Å². The van der Waals surface area contributed by atoms with Gasteiger partial charge in [-0.25, -0.2) is 4.39 Å². The molecule has 0 unspecified atom stereocenters. The van der Waals surface area contributed by atoms with Gasteiger partial charge >= 0.3 is 5.97 Å². The van der Waals surface area contributed by atoms with Crippen molar-refractivity contribution in [3.63, 3.8) is 0 Å². The molecule has 0 bridgehead atoms. The summed E-state index contributed by atoms with van der Waals surface area (Å²) in [6, 6.07) is 20.0. The Morgan fingerprint density at radius 1 is 1.00 bits per heavy atom. The van der Waals surface area contributed by atoms with Crippen molar-refractivity contribution < 1.29 is 23.4 Å². The lowest BCUT2D eigenvalue weighted by Gasteiger charge is -2.09.